The molecule has 0 saturated carbocycles. The monoisotopic (exact) mass is 440 g/mol. The Labute approximate surface area is 196 Å². The highest BCUT2D eigenvalue weighted by Gasteiger charge is 2.18. The van der Waals surface area contributed by atoms with Crippen molar-refractivity contribution in [3.05, 3.63) is 115 Å². The third kappa shape index (κ3) is 3.51. The number of aromatic nitrogens is 2. The highest BCUT2D eigenvalue weighted by Crippen LogP contribution is 2.42. The summed E-state index contributed by atoms with van der Waals surface area (Å²) in [6, 6.07) is 37.3. The lowest BCUT2D eigenvalue weighted by Crippen LogP contribution is -1.91. The minimum Gasteiger partial charge on any atom is -0.506 e. The van der Waals surface area contributed by atoms with Crippen molar-refractivity contribution in [2.75, 3.05) is 0 Å². The van der Waals surface area contributed by atoms with Gasteiger partial charge in [0.1, 0.15) is 11.3 Å². The van der Waals surface area contributed by atoms with E-state index in [-0.39, 0.29) is 5.75 Å². The highest BCUT2D eigenvalue weighted by molar-refractivity contribution is 5.89. The van der Waals surface area contributed by atoms with Gasteiger partial charge in [-0.05, 0) is 35.9 Å². The summed E-state index contributed by atoms with van der Waals surface area (Å²) in [5, 5.41) is 11.3. The SMILES string of the molecule is Oc1c(-c2nc3ccccc3o2)cccc1-c1ccccc1-c1cccc(-c2ccccc2)n1. The van der Waals surface area contributed by atoms with Crippen molar-refractivity contribution in [1.82, 2.24) is 9.97 Å². The molecule has 1 N–H and O–H groups in total. The van der Waals surface area contributed by atoms with Crippen LogP contribution in [0, 0.1) is 0 Å². The van der Waals surface area contributed by atoms with E-state index in [1.807, 2.05) is 115 Å². The molecule has 34 heavy (non-hydrogen) atoms. The highest BCUT2D eigenvalue weighted by atomic mass is 16.3. The number of hydrogen-bond acceptors (Lipinski definition) is 4. The van der Waals surface area contributed by atoms with E-state index >= 15 is 0 Å². The van der Waals surface area contributed by atoms with Crippen LogP contribution in [0.1, 0.15) is 0 Å². The molecule has 0 saturated heterocycles. The van der Waals surface area contributed by atoms with Crippen LogP contribution < -0.4 is 0 Å². The predicted octanol–water partition coefficient (Wildman–Crippen LogP) is 7.60. The maximum atomic E-state index is 11.3. The molecule has 2 aromatic heterocycles. The van der Waals surface area contributed by atoms with Crippen LogP contribution >= 0.6 is 0 Å². The van der Waals surface area contributed by atoms with Crippen molar-refractivity contribution in [2.45, 2.75) is 0 Å². The van der Waals surface area contributed by atoms with Crippen molar-refractivity contribution in [2.24, 2.45) is 0 Å². The molecule has 0 unspecified atom stereocenters. The van der Waals surface area contributed by atoms with Gasteiger partial charge in [-0.25, -0.2) is 9.97 Å². The Kier molecular flexibility index (Phi) is 4.89. The average Bonchev–Trinajstić information content (AvgIpc) is 3.34. The van der Waals surface area contributed by atoms with E-state index in [1.165, 1.54) is 0 Å². The number of hydrogen-bond donors (Lipinski definition) is 1. The van der Waals surface area contributed by atoms with Gasteiger partial charge in [0.2, 0.25) is 5.89 Å². The number of phenols is 1. The molecular formula is C30H20N2O2. The smallest absolute Gasteiger partial charge is 0.231 e. The minimum atomic E-state index is 0.126. The molecule has 4 nitrogen and oxygen atoms in total. The van der Waals surface area contributed by atoms with E-state index in [9.17, 15) is 5.11 Å². The number of benzene rings is 4. The summed E-state index contributed by atoms with van der Waals surface area (Å²) >= 11 is 0. The van der Waals surface area contributed by atoms with Crippen LogP contribution in [0.5, 0.6) is 5.75 Å². The largest absolute Gasteiger partial charge is 0.506 e. The molecule has 0 bridgehead atoms. The van der Waals surface area contributed by atoms with Gasteiger partial charge in [-0.2, -0.15) is 0 Å². The molecule has 0 aliphatic rings. The zero-order valence-corrected chi connectivity index (χ0v) is 18.2. The molecule has 2 heterocycles. The molecule has 4 heteroatoms. The molecule has 0 fully saturated rings. The van der Waals surface area contributed by atoms with Gasteiger partial charge >= 0.3 is 0 Å². The van der Waals surface area contributed by atoms with Crippen LogP contribution in [0.15, 0.2) is 120 Å². The zero-order chi connectivity index (χ0) is 22.9. The minimum absolute atomic E-state index is 0.126. The number of pyridine rings is 1. The number of rotatable bonds is 4. The van der Waals surface area contributed by atoms with Crippen LogP contribution in [0.2, 0.25) is 0 Å². The van der Waals surface area contributed by atoms with Gasteiger partial charge in [0, 0.05) is 16.7 Å². The second-order valence-electron chi connectivity index (χ2n) is 8.01. The summed E-state index contributed by atoms with van der Waals surface area (Å²) in [6.45, 7) is 0. The molecule has 0 radical (unpaired) electrons. The van der Waals surface area contributed by atoms with Crippen LogP contribution in [-0.2, 0) is 0 Å². The van der Waals surface area contributed by atoms with Crippen molar-refractivity contribution in [1.29, 1.82) is 0 Å². The number of aromatic hydroxyl groups is 1. The van der Waals surface area contributed by atoms with Crippen molar-refractivity contribution in [3.8, 4) is 50.8 Å². The van der Waals surface area contributed by atoms with E-state index in [4.69, 9.17) is 9.40 Å². The second-order valence-corrected chi connectivity index (χ2v) is 8.01. The topological polar surface area (TPSA) is 59.2 Å². The Morgan fingerprint density at radius 1 is 0.500 bits per heavy atom. The van der Waals surface area contributed by atoms with Gasteiger partial charge < -0.3 is 9.52 Å². The van der Waals surface area contributed by atoms with E-state index in [1.54, 1.807) is 0 Å². The van der Waals surface area contributed by atoms with Crippen LogP contribution in [0.4, 0.5) is 0 Å². The van der Waals surface area contributed by atoms with Crippen LogP contribution in [0.25, 0.3) is 56.2 Å². The third-order valence-electron chi connectivity index (χ3n) is 5.87. The molecule has 0 atom stereocenters. The van der Waals surface area contributed by atoms with Crippen molar-refractivity contribution in [3.63, 3.8) is 0 Å². The second kappa shape index (κ2) is 8.34. The number of nitrogens with zero attached hydrogens (tertiary/aromatic N) is 2. The fourth-order valence-corrected chi connectivity index (χ4v) is 4.22. The quantitative estimate of drug-likeness (QED) is 0.307. The molecule has 0 aliphatic carbocycles. The standard InChI is InChI=1S/C30H20N2O2/c33-29-23(14-8-15-24(29)30-32-27-16-6-7-19-28(27)34-30)21-12-4-5-13-22(21)26-18-9-17-25(31-26)20-10-2-1-3-11-20/h1-19,33H. The Morgan fingerprint density at radius 2 is 1.15 bits per heavy atom. The normalized spacial score (nSPS) is 11.1. The van der Waals surface area contributed by atoms with Gasteiger partial charge in [0.05, 0.1) is 17.0 Å². The van der Waals surface area contributed by atoms with Crippen molar-refractivity contribution < 1.29 is 9.52 Å². The summed E-state index contributed by atoms with van der Waals surface area (Å²) in [4.78, 5) is 9.49. The summed E-state index contributed by atoms with van der Waals surface area (Å²) in [7, 11) is 0. The fourth-order valence-electron chi connectivity index (χ4n) is 4.22. The number of fused-ring (bicyclic) bond motifs is 1. The van der Waals surface area contributed by atoms with Gasteiger partial charge in [0.15, 0.2) is 5.58 Å². The maximum Gasteiger partial charge on any atom is 0.231 e. The Bertz CT molecular complexity index is 1590. The third-order valence-corrected chi connectivity index (χ3v) is 5.87. The summed E-state index contributed by atoms with van der Waals surface area (Å²) in [5.74, 6) is 0.517. The fraction of sp³-hybridized carbons (Fsp3) is 0. The van der Waals surface area contributed by atoms with E-state index in [0.717, 1.165) is 33.6 Å². The first-order valence-electron chi connectivity index (χ1n) is 11.1. The van der Waals surface area contributed by atoms with E-state index in [0.29, 0.717) is 22.6 Å². The molecule has 162 valence electrons. The molecule has 0 amide bonds. The number of phenolic OH excluding ortho intramolecular Hbond substituents is 1. The van der Waals surface area contributed by atoms with Gasteiger partial charge in [-0.3, -0.25) is 0 Å². The van der Waals surface area contributed by atoms with Gasteiger partial charge in [0.25, 0.3) is 0 Å². The lowest BCUT2D eigenvalue weighted by Gasteiger charge is -2.13. The van der Waals surface area contributed by atoms with Crippen LogP contribution in [-0.4, -0.2) is 15.1 Å². The Morgan fingerprint density at radius 3 is 2.00 bits per heavy atom. The lowest BCUT2D eigenvalue weighted by molar-refractivity contribution is 0.476. The molecule has 6 aromatic rings. The van der Waals surface area contributed by atoms with E-state index < -0.39 is 0 Å². The maximum absolute atomic E-state index is 11.3. The van der Waals surface area contributed by atoms with Crippen molar-refractivity contribution >= 4 is 11.1 Å². The van der Waals surface area contributed by atoms with Crippen LogP contribution in [0.3, 0.4) is 0 Å². The average molecular weight is 441 g/mol. The Balaban J connectivity index is 1.48. The summed E-state index contributed by atoms with van der Waals surface area (Å²) < 4.78 is 5.92. The lowest BCUT2D eigenvalue weighted by atomic mass is 9.94. The zero-order valence-electron chi connectivity index (χ0n) is 18.2. The van der Waals surface area contributed by atoms with E-state index in [2.05, 4.69) is 4.98 Å². The predicted molar refractivity (Wildman–Crippen MR) is 135 cm³/mol. The Hall–Kier alpha value is -4.70. The first-order chi connectivity index (χ1) is 16.8. The molecule has 0 spiro atoms. The first-order valence-corrected chi connectivity index (χ1v) is 11.1. The molecule has 0 aliphatic heterocycles. The molecule has 4 aromatic carbocycles. The first kappa shape index (κ1) is 19.9. The van der Waals surface area contributed by atoms with Gasteiger partial charge in [-0.1, -0.05) is 84.9 Å². The molecular weight excluding hydrogens is 420 g/mol. The number of para-hydroxylation sites is 3. The number of oxazole rings is 1. The molecule has 6 rings (SSSR count). The summed E-state index contributed by atoms with van der Waals surface area (Å²) in [5.41, 5.74) is 7.30. The van der Waals surface area contributed by atoms with Gasteiger partial charge in [-0.15, -0.1) is 0 Å². The summed E-state index contributed by atoms with van der Waals surface area (Å²) in [6.07, 6.45) is 0.